The fourth-order valence-corrected chi connectivity index (χ4v) is 1.80. The van der Waals surface area contributed by atoms with Gasteiger partial charge in [-0.3, -0.25) is 4.79 Å². The number of aryl methyl sites for hydroxylation is 1. The summed E-state index contributed by atoms with van der Waals surface area (Å²) in [5.74, 6) is 1.06. The number of hydrogen-bond donors (Lipinski definition) is 2. The van der Waals surface area contributed by atoms with E-state index < -0.39 is 0 Å². The van der Waals surface area contributed by atoms with Crippen molar-refractivity contribution in [3.63, 3.8) is 0 Å². The van der Waals surface area contributed by atoms with Crippen molar-refractivity contribution in [3.05, 3.63) is 52.6 Å². The van der Waals surface area contributed by atoms with E-state index in [1.807, 2.05) is 25.1 Å². The van der Waals surface area contributed by atoms with Crippen LogP contribution in [0.2, 0.25) is 0 Å². The highest BCUT2D eigenvalue weighted by Gasteiger charge is 2.05. The lowest BCUT2D eigenvalue weighted by Crippen LogP contribution is -2.07. The molecule has 3 aromatic heterocycles. The average Bonchev–Trinajstić information content (AvgIpc) is 2.39. The number of nitrogens with zero attached hydrogens (tertiary/aromatic N) is 3. The van der Waals surface area contributed by atoms with Crippen LogP contribution >= 0.6 is 0 Å². The van der Waals surface area contributed by atoms with Crippen molar-refractivity contribution in [3.8, 4) is 0 Å². The van der Waals surface area contributed by atoms with Crippen molar-refractivity contribution in [2.75, 3.05) is 5.32 Å². The van der Waals surface area contributed by atoms with Crippen LogP contribution in [0.5, 0.6) is 0 Å². The molecule has 0 bridgehead atoms. The Balaban J connectivity index is 2.08. The third-order valence-electron chi connectivity index (χ3n) is 2.68. The molecule has 0 fully saturated rings. The van der Waals surface area contributed by atoms with Crippen LogP contribution in [0, 0.1) is 6.92 Å². The van der Waals surface area contributed by atoms with E-state index in [0.717, 1.165) is 11.1 Å². The van der Waals surface area contributed by atoms with Crippen molar-refractivity contribution in [1.82, 2.24) is 19.9 Å². The van der Waals surface area contributed by atoms with Crippen molar-refractivity contribution in [1.29, 1.82) is 0 Å². The molecule has 0 aliphatic rings. The molecular formula is C13H11N5O. The van der Waals surface area contributed by atoms with Gasteiger partial charge in [0.1, 0.15) is 11.5 Å². The SMILES string of the molecule is Cc1nc(Nc2ccccn2)nc2[nH]c(=O)ccc12. The molecule has 0 aliphatic heterocycles. The average molecular weight is 253 g/mol. The molecular weight excluding hydrogens is 242 g/mol. The first-order chi connectivity index (χ1) is 9.22. The number of H-pyrrole nitrogens is 1. The lowest BCUT2D eigenvalue weighted by atomic mass is 10.2. The largest absolute Gasteiger partial charge is 0.309 e. The molecule has 6 nitrogen and oxygen atoms in total. The quantitative estimate of drug-likeness (QED) is 0.727. The van der Waals surface area contributed by atoms with E-state index in [1.165, 1.54) is 6.07 Å². The van der Waals surface area contributed by atoms with Crippen LogP contribution < -0.4 is 10.9 Å². The third-order valence-corrected chi connectivity index (χ3v) is 2.68. The van der Waals surface area contributed by atoms with E-state index in [-0.39, 0.29) is 5.56 Å². The second-order valence-electron chi connectivity index (χ2n) is 4.06. The summed E-state index contributed by atoms with van der Waals surface area (Å²) in [5.41, 5.74) is 1.12. The summed E-state index contributed by atoms with van der Waals surface area (Å²) in [4.78, 5) is 26.8. The molecule has 0 saturated heterocycles. The first kappa shape index (κ1) is 11.3. The van der Waals surface area contributed by atoms with Gasteiger partial charge in [-0.2, -0.15) is 4.98 Å². The molecule has 0 saturated carbocycles. The van der Waals surface area contributed by atoms with Gasteiger partial charge in [0.2, 0.25) is 11.5 Å². The lowest BCUT2D eigenvalue weighted by Gasteiger charge is -2.06. The van der Waals surface area contributed by atoms with E-state index in [0.29, 0.717) is 17.4 Å². The Morgan fingerprint density at radius 2 is 2.05 bits per heavy atom. The number of aromatic nitrogens is 4. The fourth-order valence-electron chi connectivity index (χ4n) is 1.80. The van der Waals surface area contributed by atoms with Crippen molar-refractivity contribution in [2.24, 2.45) is 0 Å². The van der Waals surface area contributed by atoms with Crippen molar-refractivity contribution in [2.45, 2.75) is 6.92 Å². The zero-order chi connectivity index (χ0) is 13.2. The second-order valence-corrected chi connectivity index (χ2v) is 4.06. The van der Waals surface area contributed by atoms with Crippen molar-refractivity contribution >= 4 is 22.8 Å². The van der Waals surface area contributed by atoms with E-state index in [4.69, 9.17) is 0 Å². The van der Waals surface area contributed by atoms with Crippen LogP contribution in [-0.2, 0) is 0 Å². The molecule has 3 heterocycles. The molecule has 0 radical (unpaired) electrons. The highest BCUT2D eigenvalue weighted by Crippen LogP contribution is 2.15. The maximum atomic E-state index is 11.3. The topological polar surface area (TPSA) is 83.6 Å². The Morgan fingerprint density at radius 1 is 1.16 bits per heavy atom. The van der Waals surface area contributed by atoms with Gasteiger partial charge in [-0.1, -0.05) is 6.07 Å². The highest BCUT2D eigenvalue weighted by atomic mass is 16.1. The molecule has 0 aliphatic carbocycles. The molecule has 94 valence electrons. The summed E-state index contributed by atoms with van der Waals surface area (Å²) in [6.45, 7) is 1.87. The molecule has 19 heavy (non-hydrogen) atoms. The molecule has 3 aromatic rings. The summed E-state index contributed by atoms with van der Waals surface area (Å²) in [7, 11) is 0. The van der Waals surface area contributed by atoms with Crippen LogP contribution in [0.3, 0.4) is 0 Å². The Hall–Kier alpha value is -2.76. The molecule has 0 unspecified atom stereocenters. The molecule has 6 heteroatoms. The molecule has 2 N–H and O–H groups in total. The zero-order valence-corrected chi connectivity index (χ0v) is 10.2. The minimum atomic E-state index is -0.186. The minimum absolute atomic E-state index is 0.186. The van der Waals surface area contributed by atoms with Gasteiger partial charge in [0, 0.05) is 17.6 Å². The van der Waals surface area contributed by atoms with Crippen LogP contribution in [0.25, 0.3) is 11.0 Å². The van der Waals surface area contributed by atoms with Gasteiger partial charge in [0.15, 0.2) is 0 Å². The predicted molar refractivity (Wildman–Crippen MR) is 72.4 cm³/mol. The van der Waals surface area contributed by atoms with Crippen LogP contribution in [0.15, 0.2) is 41.3 Å². The summed E-state index contributed by atoms with van der Waals surface area (Å²) in [5, 5.41) is 3.83. The van der Waals surface area contributed by atoms with E-state index in [2.05, 4.69) is 25.3 Å². The van der Waals surface area contributed by atoms with Crippen LogP contribution in [0.1, 0.15) is 5.69 Å². The molecule has 0 amide bonds. The summed E-state index contributed by atoms with van der Waals surface area (Å²) in [6, 6.07) is 8.69. The van der Waals surface area contributed by atoms with Gasteiger partial charge in [-0.15, -0.1) is 0 Å². The molecule has 0 aromatic carbocycles. The minimum Gasteiger partial charge on any atom is -0.309 e. The summed E-state index contributed by atoms with van der Waals surface area (Å²) >= 11 is 0. The van der Waals surface area contributed by atoms with E-state index >= 15 is 0 Å². The Labute approximate surface area is 108 Å². The van der Waals surface area contributed by atoms with Gasteiger partial charge in [0.25, 0.3) is 0 Å². The molecule has 0 atom stereocenters. The standard InChI is InChI=1S/C13H11N5O/c1-8-9-5-6-11(19)17-12(9)18-13(15-8)16-10-4-2-3-7-14-10/h2-7H,1H3,(H2,14,15,16,17,18,19). The van der Waals surface area contributed by atoms with Gasteiger partial charge in [-0.05, 0) is 25.1 Å². The number of fused-ring (bicyclic) bond motifs is 1. The Morgan fingerprint density at radius 3 is 2.84 bits per heavy atom. The van der Waals surface area contributed by atoms with Gasteiger partial charge in [-0.25, -0.2) is 9.97 Å². The normalized spacial score (nSPS) is 10.6. The monoisotopic (exact) mass is 253 g/mol. The van der Waals surface area contributed by atoms with Crippen LogP contribution in [-0.4, -0.2) is 19.9 Å². The number of rotatable bonds is 2. The predicted octanol–water partition coefficient (Wildman–Crippen LogP) is 1.77. The second kappa shape index (κ2) is 4.49. The van der Waals surface area contributed by atoms with Gasteiger partial charge >= 0.3 is 0 Å². The first-order valence-corrected chi connectivity index (χ1v) is 5.78. The fraction of sp³-hybridized carbons (Fsp3) is 0.0769. The number of pyridine rings is 2. The lowest BCUT2D eigenvalue weighted by molar-refractivity contribution is 1.11. The maximum absolute atomic E-state index is 11.3. The Bertz CT molecular complexity index is 782. The smallest absolute Gasteiger partial charge is 0.249 e. The maximum Gasteiger partial charge on any atom is 0.249 e. The number of nitrogens with one attached hydrogen (secondary N) is 2. The molecule has 3 rings (SSSR count). The third kappa shape index (κ3) is 2.28. The summed E-state index contributed by atoms with van der Waals surface area (Å²) < 4.78 is 0. The van der Waals surface area contributed by atoms with Gasteiger partial charge in [0.05, 0.1) is 5.69 Å². The zero-order valence-electron chi connectivity index (χ0n) is 10.2. The number of anilines is 2. The Kier molecular flexibility index (Phi) is 2.68. The first-order valence-electron chi connectivity index (χ1n) is 5.78. The van der Waals surface area contributed by atoms with E-state index in [9.17, 15) is 4.79 Å². The number of hydrogen-bond acceptors (Lipinski definition) is 5. The highest BCUT2D eigenvalue weighted by molar-refractivity contribution is 5.78. The summed E-state index contributed by atoms with van der Waals surface area (Å²) in [6.07, 6.45) is 1.68. The van der Waals surface area contributed by atoms with E-state index in [1.54, 1.807) is 12.3 Å². The molecule has 0 spiro atoms. The van der Waals surface area contributed by atoms with Crippen LogP contribution in [0.4, 0.5) is 11.8 Å². The van der Waals surface area contributed by atoms with Crippen molar-refractivity contribution < 1.29 is 0 Å². The number of aromatic amines is 1. The van der Waals surface area contributed by atoms with Gasteiger partial charge < -0.3 is 10.3 Å².